The number of benzene rings is 2. The van der Waals surface area contributed by atoms with E-state index in [9.17, 15) is 13.2 Å². The van der Waals surface area contributed by atoms with Crippen molar-refractivity contribution in [3.63, 3.8) is 0 Å². The molecule has 26 heavy (non-hydrogen) atoms. The third kappa shape index (κ3) is 4.89. The predicted molar refractivity (Wildman–Crippen MR) is 103 cm³/mol. The molecule has 0 radical (unpaired) electrons. The molecule has 140 valence electrons. The second-order valence-electron chi connectivity index (χ2n) is 5.78. The van der Waals surface area contributed by atoms with Crippen molar-refractivity contribution in [2.24, 2.45) is 0 Å². The summed E-state index contributed by atoms with van der Waals surface area (Å²) >= 11 is 6.11. The normalized spacial score (nSPS) is 11.1. The lowest BCUT2D eigenvalue weighted by Gasteiger charge is -2.26. The van der Waals surface area contributed by atoms with Gasteiger partial charge in [0.05, 0.1) is 24.1 Å². The Bertz CT molecular complexity index is 886. The molecule has 1 amide bonds. The monoisotopic (exact) mass is 396 g/mol. The number of carbonyl (C=O) groups excluding carboxylic acids is 1. The van der Waals surface area contributed by atoms with Gasteiger partial charge in [-0.1, -0.05) is 41.9 Å². The molecular formula is C18H21ClN2O4S. The average Bonchev–Trinajstić information content (AvgIpc) is 2.59. The van der Waals surface area contributed by atoms with E-state index in [0.29, 0.717) is 12.3 Å². The van der Waals surface area contributed by atoms with E-state index in [4.69, 9.17) is 16.3 Å². The molecule has 2 aromatic carbocycles. The Morgan fingerprint density at radius 2 is 1.73 bits per heavy atom. The van der Waals surface area contributed by atoms with Crippen molar-refractivity contribution in [1.29, 1.82) is 0 Å². The Morgan fingerprint density at radius 1 is 1.12 bits per heavy atom. The van der Waals surface area contributed by atoms with Gasteiger partial charge in [0, 0.05) is 19.2 Å². The first-order valence-corrected chi connectivity index (χ1v) is 10.0. The lowest BCUT2D eigenvalue weighted by atomic mass is 10.2. The molecule has 0 N–H and O–H groups in total. The maximum atomic E-state index is 12.6. The predicted octanol–water partition coefficient (Wildman–Crippen LogP) is 2.77. The summed E-state index contributed by atoms with van der Waals surface area (Å²) in [6.07, 6.45) is 1.05. The Morgan fingerprint density at radius 3 is 2.35 bits per heavy atom. The number of halogens is 1. The van der Waals surface area contributed by atoms with Gasteiger partial charge >= 0.3 is 0 Å². The van der Waals surface area contributed by atoms with Crippen molar-refractivity contribution in [3.8, 4) is 5.75 Å². The van der Waals surface area contributed by atoms with Gasteiger partial charge in [0.2, 0.25) is 15.9 Å². The maximum absolute atomic E-state index is 12.6. The molecule has 0 heterocycles. The minimum absolute atomic E-state index is 0.262. The van der Waals surface area contributed by atoms with Gasteiger partial charge in [0.25, 0.3) is 0 Å². The molecule has 0 fully saturated rings. The standard InChI is InChI=1S/C18H21ClN2O4S/c1-20(12-14-8-4-7-11-17(14)25-2)18(22)13-21(26(3,23)24)16-10-6-5-9-15(16)19/h4-11H,12-13H2,1-3H3. The summed E-state index contributed by atoms with van der Waals surface area (Å²) in [5, 5.41) is 0.262. The molecule has 8 heteroatoms. The molecule has 0 aromatic heterocycles. The molecular weight excluding hydrogens is 376 g/mol. The number of anilines is 1. The summed E-state index contributed by atoms with van der Waals surface area (Å²) in [5.41, 5.74) is 1.10. The quantitative estimate of drug-likeness (QED) is 0.721. The van der Waals surface area contributed by atoms with Crippen molar-refractivity contribution in [1.82, 2.24) is 4.90 Å². The number of para-hydroxylation sites is 2. The number of amides is 1. The molecule has 0 aliphatic rings. The van der Waals surface area contributed by atoms with E-state index in [1.54, 1.807) is 44.5 Å². The largest absolute Gasteiger partial charge is 0.496 e. The highest BCUT2D eigenvalue weighted by molar-refractivity contribution is 7.92. The molecule has 0 aliphatic carbocycles. The molecule has 0 unspecified atom stereocenters. The van der Waals surface area contributed by atoms with Crippen LogP contribution in [0.1, 0.15) is 5.56 Å². The lowest BCUT2D eigenvalue weighted by Crippen LogP contribution is -2.41. The number of methoxy groups -OCH3 is 1. The van der Waals surface area contributed by atoms with Gasteiger partial charge in [-0.25, -0.2) is 8.42 Å². The van der Waals surface area contributed by atoms with Crippen LogP contribution in [0, 0.1) is 0 Å². The second kappa shape index (κ2) is 8.42. The van der Waals surface area contributed by atoms with E-state index < -0.39 is 10.0 Å². The van der Waals surface area contributed by atoms with Crippen LogP contribution in [0.2, 0.25) is 5.02 Å². The number of carbonyl (C=O) groups is 1. The third-order valence-corrected chi connectivity index (χ3v) is 5.27. The first-order valence-electron chi connectivity index (χ1n) is 7.82. The summed E-state index contributed by atoms with van der Waals surface area (Å²) in [5.74, 6) is 0.305. The van der Waals surface area contributed by atoms with Gasteiger partial charge in [0.1, 0.15) is 12.3 Å². The first kappa shape index (κ1) is 20.1. The summed E-state index contributed by atoms with van der Waals surface area (Å²) in [6, 6.07) is 13.9. The van der Waals surface area contributed by atoms with Gasteiger partial charge in [-0.15, -0.1) is 0 Å². The number of sulfonamides is 1. The van der Waals surface area contributed by atoms with E-state index in [-0.39, 0.29) is 23.2 Å². The van der Waals surface area contributed by atoms with Gasteiger partial charge in [-0.3, -0.25) is 9.10 Å². The Kier molecular flexibility index (Phi) is 6.50. The first-order chi connectivity index (χ1) is 12.2. The van der Waals surface area contributed by atoms with E-state index in [2.05, 4.69) is 0 Å². The Labute approximate surface area is 159 Å². The molecule has 2 rings (SSSR count). The zero-order valence-electron chi connectivity index (χ0n) is 14.8. The number of hydrogen-bond donors (Lipinski definition) is 0. The fraction of sp³-hybridized carbons (Fsp3) is 0.278. The zero-order valence-corrected chi connectivity index (χ0v) is 16.4. The summed E-state index contributed by atoms with van der Waals surface area (Å²) in [7, 11) is -0.506. The Hall–Kier alpha value is -2.25. The number of likely N-dealkylation sites (N-methyl/N-ethyl adjacent to an activating group) is 1. The topological polar surface area (TPSA) is 66.9 Å². The number of nitrogens with zero attached hydrogens (tertiary/aromatic N) is 2. The zero-order chi connectivity index (χ0) is 19.3. The van der Waals surface area contributed by atoms with Crippen molar-refractivity contribution in [3.05, 3.63) is 59.1 Å². The number of hydrogen-bond acceptors (Lipinski definition) is 4. The fourth-order valence-corrected chi connectivity index (χ4v) is 3.61. The molecule has 0 atom stereocenters. The summed E-state index contributed by atoms with van der Waals surface area (Å²) in [6.45, 7) is -0.0445. The molecule has 2 aromatic rings. The van der Waals surface area contributed by atoms with E-state index in [0.717, 1.165) is 16.1 Å². The van der Waals surface area contributed by atoms with E-state index >= 15 is 0 Å². The van der Waals surface area contributed by atoms with Crippen LogP contribution in [0.15, 0.2) is 48.5 Å². The van der Waals surface area contributed by atoms with Crippen LogP contribution in [-0.4, -0.2) is 46.2 Å². The molecule has 6 nitrogen and oxygen atoms in total. The maximum Gasteiger partial charge on any atom is 0.243 e. The van der Waals surface area contributed by atoms with E-state index in [1.807, 2.05) is 18.2 Å². The van der Waals surface area contributed by atoms with Crippen LogP contribution < -0.4 is 9.04 Å². The van der Waals surface area contributed by atoms with Crippen LogP contribution >= 0.6 is 11.6 Å². The van der Waals surface area contributed by atoms with Gasteiger partial charge in [-0.2, -0.15) is 0 Å². The Balaban J connectivity index is 2.21. The van der Waals surface area contributed by atoms with Crippen molar-refractivity contribution < 1.29 is 17.9 Å². The molecule has 0 saturated carbocycles. The lowest BCUT2D eigenvalue weighted by molar-refractivity contribution is -0.128. The van der Waals surface area contributed by atoms with Crippen LogP contribution in [-0.2, 0) is 21.4 Å². The van der Waals surface area contributed by atoms with Gasteiger partial charge < -0.3 is 9.64 Å². The SMILES string of the molecule is COc1ccccc1CN(C)C(=O)CN(c1ccccc1Cl)S(C)(=O)=O. The molecule has 0 aliphatic heterocycles. The molecule has 0 saturated heterocycles. The van der Waals surface area contributed by atoms with Crippen molar-refractivity contribution >= 4 is 33.2 Å². The highest BCUT2D eigenvalue weighted by Gasteiger charge is 2.24. The van der Waals surface area contributed by atoms with Crippen LogP contribution in [0.4, 0.5) is 5.69 Å². The fourth-order valence-electron chi connectivity index (χ4n) is 2.46. The number of rotatable bonds is 7. The smallest absolute Gasteiger partial charge is 0.243 e. The minimum atomic E-state index is -3.68. The minimum Gasteiger partial charge on any atom is -0.496 e. The second-order valence-corrected chi connectivity index (χ2v) is 8.10. The van der Waals surface area contributed by atoms with Gasteiger partial charge in [-0.05, 0) is 18.2 Å². The molecule has 0 spiro atoms. The summed E-state index contributed by atoms with van der Waals surface area (Å²) < 4.78 is 30.6. The average molecular weight is 397 g/mol. The van der Waals surface area contributed by atoms with Crippen LogP contribution in [0.5, 0.6) is 5.75 Å². The van der Waals surface area contributed by atoms with Crippen LogP contribution in [0.3, 0.4) is 0 Å². The highest BCUT2D eigenvalue weighted by atomic mass is 35.5. The highest BCUT2D eigenvalue weighted by Crippen LogP contribution is 2.27. The van der Waals surface area contributed by atoms with Crippen LogP contribution in [0.25, 0.3) is 0 Å². The van der Waals surface area contributed by atoms with Crippen molar-refractivity contribution in [2.75, 3.05) is 31.3 Å². The third-order valence-electron chi connectivity index (χ3n) is 3.83. The van der Waals surface area contributed by atoms with E-state index in [1.165, 1.54) is 4.90 Å². The van der Waals surface area contributed by atoms with Gasteiger partial charge in [0.15, 0.2) is 0 Å². The number of ether oxygens (including phenoxy) is 1. The van der Waals surface area contributed by atoms with Crippen molar-refractivity contribution in [2.45, 2.75) is 6.54 Å². The molecule has 0 bridgehead atoms. The summed E-state index contributed by atoms with van der Waals surface area (Å²) in [4.78, 5) is 14.1.